The summed E-state index contributed by atoms with van der Waals surface area (Å²) < 4.78 is 26.8. The molecule has 4 nitrogen and oxygen atoms in total. The van der Waals surface area contributed by atoms with Gasteiger partial charge in [-0.15, -0.1) is 0 Å². The van der Waals surface area contributed by atoms with E-state index in [4.69, 9.17) is 0 Å². The van der Waals surface area contributed by atoms with Crippen LogP contribution >= 0.6 is 0 Å². The quantitative estimate of drug-likeness (QED) is 0.786. The molecule has 2 amide bonds. The van der Waals surface area contributed by atoms with Crippen LogP contribution in [0.2, 0.25) is 0 Å². The van der Waals surface area contributed by atoms with Gasteiger partial charge >= 0.3 is 0 Å². The third-order valence-corrected chi connectivity index (χ3v) is 5.21. The van der Waals surface area contributed by atoms with Crippen LogP contribution in [0.3, 0.4) is 0 Å². The van der Waals surface area contributed by atoms with Crippen LogP contribution in [0.25, 0.3) is 0 Å². The molecule has 1 aliphatic carbocycles. The Morgan fingerprint density at radius 1 is 0.893 bits per heavy atom. The Morgan fingerprint density at radius 3 is 2.25 bits per heavy atom. The summed E-state index contributed by atoms with van der Waals surface area (Å²) in [6.45, 7) is 0.389. The summed E-state index contributed by atoms with van der Waals surface area (Å²) in [5, 5.41) is 5.61. The lowest BCUT2D eigenvalue weighted by atomic mass is 9.81. The maximum atomic E-state index is 13.6. The van der Waals surface area contributed by atoms with E-state index < -0.39 is 5.82 Å². The highest BCUT2D eigenvalue weighted by atomic mass is 19.1. The molecular weight excluding hydrogens is 362 g/mol. The highest BCUT2D eigenvalue weighted by Crippen LogP contribution is 2.30. The van der Waals surface area contributed by atoms with E-state index in [9.17, 15) is 18.4 Å². The van der Waals surface area contributed by atoms with Crippen LogP contribution in [0.5, 0.6) is 0 Å². The molecule has 0 bridgehead atoms. The first-order valence-corrected chi connectivity index (χ1v) is 9.60. The smallest absolute Gasteiger partial charge is 0.227 e. The van der Waals surface area contributed by atoms with Crippen molar-refractivity contribution in [3.05, 3.63) is 65.7 Å². The fourth-order valence-corrected chi connectivity index (χ4v) is 3.59. The largest absolute Gasteiger partial charge is 0.356 e. The molecule has 0 atom stereocenters. The monoisotopic (exact) mass is 386 g/mol. The highest BCUT2D eigenvalue weighted by Gasteiger charge is 2.29. The maximum Gasteiger partial charge on any atom is 0.227 e. The van der Waals surface area contributed by atoms with Gasteiger partial charge in [0, 0.05) is 24.1 Å². The van der Waals surface area contributed by atoms with Crippen LogP contribution in [0.1, 0.15) is 31.2 Å². The molecule has 148 valence electrons. The normalized spacial score (nSPS) is 19.1. The van der Waals surface area contributed by atoms with Crippen LogP contribution < -0.4 is 10.6 Å². The molecule has 1 aliphatic rings. The molecule has 0 heterocycles. The molecule has 1 fully saturated rings. The first kappa shape index (κ1) is 20.0. The number of nitrogens with one attached hydrogen (secondary N) is 2. The van der Waals surface area contributed by atoms with E-state index in [0.717, 1.165) is 0 Å². The standard InChI is InChI=1S/C22H24F2N2O2/c23-18-5-3-6-19(14-18)26-22(28)17-10-8-16(9-11-17)21(27)25-13-12-15-4-1-2-7-20(15)24/h1-7,14,16-17H,8-13H2,(H,25,27)(H,26,28). The van der Waals surface area contributed by atoms with E-state index in [0.29, 0.717) is 49.9 Å². The topological polar surface area (TPSA) is 58.2 Å². The van der Waals surface area contributed by atoms with Crippen LogP contribution in [0, 0.1) is 23.5 Å². The van der Waals surface area contributed by atoms with Crippen LogP contribution in [0.15, 0.2) is 48.5 Å². The molecule has 0 spiro atoms. The summed E-state index contributed by atoms with van der Waals surface area (Å²) in [7, 11) is 0. The number of anilines is 1. The lowest BCUT2D eigenvalue weighted by Gasteiger charge is -2.27. The summed E-state index contributed by atoms with van der Waals surface area (Å²) in [4.78, 5) is 24.7. The summed E-state index contributed by atoms with van der Waals surface area (Å²) in [6.07, 6.45) is 2.95. The molecule has 0 radical (unpaired) electrons. The molecule has 0 aromatic heterocycles. The lowest BCUT2D eigenvalue weighted by Crippen LogP contribution is -2.36. The minimum Gasteiger partial charge on any atom is -0.356 e. The Kier molecular flexibility index (Phi) is 6.74. The van der Waals surface area contributed by atoms with Gasteiger partial charge in [-0.25, -0.2) is 8.78 Å². The third kappa shape index (κ3) is 5.38. The van der Waals surface area contributed by atoms with Crippen molar-refractivity contribution in [3.8, 4) is 0 Å². The Hall–Kier alpha value is -2.76. The highest BCUT2D eigenvalue weighted by molar-refractivity contribution is 5.92. The van der Waals surface area contributed by atoms with E-state index >= 15 is 0 Å². The van der Waals surface area contributed by atoms with E-state index in [1.807, 2.05) is 0 Å². The Labute approximate surface area is 163 Å². The zero-order valence-corrected chi connectivity index (χ0v) is 15.6. The van der Waals surface area contributed by atoms with Gasteiger partial charge in [-0.05, 0) is 61.9 Å². The van der Waals surface area contributed by atoms with Crippen molar-refractivity contribution in [3.63, 3.8) is 0 Å². The van der Waals surface area contributed by atoms with Gasteiger partial charge in [0.05, 0.1) is 0 Å². The molecule has 2 N–H and O–H groups in total. The first-order chi connectivity index (χ1) is 13.5. The second kappa shape index (κ2) is 9.44. The predicted molar refractivity (Wildman–Crippen MR) is 104 cm³/mol. The van der Waals surface area contributed by atoms with Crippen LogP contribution in [0.4, 0.5) is 14.5 Å². The zero-order valence-electron chi connectivity index (χ0n) is 15.6. The van der Waals surface area contributed by atoms with Gasteiger partial charge in [-0.1, -0.05) is 24.3 Å². The van der Waals surface area contributed by atoms with Crippen molar-refractivity contribution >= 4 is 17.5 Å². The van der Waals surface area contributed by atoms with E-state index in [-0.39, 0.29) is 29.5 Å². The van der Waals surface area contributed by atoms with Crippen molar-refractivity contribution in [2.24, 2.45) is 11.8 Å². The Bertz CT molecular complexity index is 833. The number of amides is 2. The number of carbonyl (C=O) groups is 2. The van der Waals surface area contributed by atoms with Crippen molar-refractivity contribution in [1.29, 1.82) is 0 Å². The van der Waals surface area contributed by atoms with Gasteiger partial charge < -0.3 is 10.6 Å². The predicted octanol–water partition coefficient (Wildman–Crippen LogP) is 4.07. The van der Waals surface area contributed by atoms with Crippen LogP contribution in [-0.2, 0) is 16.0 Å². The number of benzene rings is 2. The second-order valence-electron chi connectivity index (χ2n) is 7.18. The van der Waals surface area contributed by atoms with Crippen LogP contribution in [-0.4, -0.2) is 18.4 Å². The van der Waals surface area contributed by atoms with Gasteiger partial charge in [0.15, 0.2) is 0 Å². The molecule has 28 heavy (non-hydrogen) atoms. The summed E-state index contributed by atoms with van der Waals surface area (Å²) in [5.74, 6) is -1.14. The van der Waals surface area contributed by atoms with Crippen molar-refractivity contribution in [1.82, 2.24) is 5.32 Å². The van der Waals surface area contributed by atoms with Crippen molar-refractivity contribution in [2.75, 3.05) is 11.9 Å². The molecule has 0 aliphatic heterocycles. The molecule has 0 unspecified atom stereocenters. The summed E-state index contributed by atoms with van der Waals surface area (Å²) in [5.41, 5.74) is 1.03. The van der Waals surface area contributed by atoms with Crippen molar-refractivity contribution in [2.45, 2.75) is 32.1 Å². The SMILES string of the molecule is O=C(NCCc1ccccc1F)C1CCC(C(=O)Nc2cccc(F)c2)CC1. The number of rotatable bonds is 6. The van der Waals surface area contributed by atoms with Gasteiger partial charge in [0.25, 0.3) is 0 Å². The Balaban J connectivity index is 1.41. The number of halogens is 2. The van der Waals surface area contributed by atoms with Gasteiger partial charge in [-0.2, -0.15) is 0 Å². The molecular formula is C22H24F2N2O2. The minimum absolute atomic E-state index is 0.0414. The average molecular weight is 386 g/mol. The molecule has 2 aromatic rings. The number of hydrogen-bond acceptors (Lipinski definition) is 2. The summed E-state index contributed by atoms with van der Waals surface area (Å²) in [6, 6.07) is 12.3. The average Bonchev–Trinajstić information content (AvgIpc) is 2.69. The van der Waals surface area contributed by atoms with E-state index in [2.05, 4.69) is 10.6 Å². The zero-order chi connectivity index (χ0) is 19.9. The molecule has 2 aromatic carbocycles. The first-order valence-electron chi connectivity index (χ1n) is 9.60. The third-order valence-electron chi connectivity index (χ3n) is 5.21. The van der Waals surface area contributed by atoms with Gasteiger partial charge in [-0.3, -0.25) is 9.59 Å². The minimum atomic E-state index is -0.395. The Morgan fingerprint density at radius 2 is 1.57 bits per heavy atom. The summed E-state index contributed by atoms with van der Waals surface area (Å²) >= 11 is 0. The molecule has 1 saturated carbocycles. The second-order valence-corrected chi connectivity index (χ2v) is 7.18. The van der Waals surface area contributed by atoms with E-state index in [1.54, 1.807) is 30.3 Å². The molecule has 6 heteroatoms. The number of hydrogen-bond donors (Lipinski definition) is 2. The fourth-order valence-electron chi connectivity index (χ4n) is 3.59. The van der Waals surface area contributed by atoms with Gasteiger partial charge in [0.1, 0.15) is 11.6 Å². The fraction of sp³-hybridized carbons (Fsp3) is 0.364. The maximum absolute atomic E-state index is 13.6. The molecule has 3 rings (SSSR count). The van der Waals surface area contributed by atoms with Crippen molar-refractivity contribution < 1.29 is 18.4 Å². The molecule has 0 saturated heterocycles. The van der Waals surface area contributed by atoms with Gasteiger partial charge in [0.2, 0.25) is 11.8 Å². The lowest BCUT2D eigenvalue weighted by molar-refractivity contribution is -0.128. The van der Waals surface area contributed by atoms with E-state index in [1.165, 1.54) is 18.2 Å². The number of carbonyl (C=O) groups excluding carboxylic acids is 2.